The predicted molar refractivity (Wildman–Crippen MR) is 86.5 cm³/mol. The fourth-order valence-corrected chi connectivity index (χ4v) is 2.05. The lowest BCUT2D eigenvalue weighted by Crippen LogP contribution is -2.23. The minimum atomic E-state index is -0.936. The van der Waals surface area contributed by atoms with Gasteiger partial charge in [0.25, 0.3) is 0 Å². The Morgan fingerprint density at radius 1 is 1.09 bits per heavy atom. The summed E-state index contributed by atoms with van der Waals surface area (Å²) in [5.74, 6) is -1.40. The van der Waals surface area contributed by atoms with E-state index in [0.717, 1.165) is 11.1 Å². The highest BCUT2D eigenvalue weighted by Crippen LogP contribution is 2.11. The molecule has 0 amide bonds. The zero-order chi connectivity index (χ0) is 16.8. The zero-order valence-electron chi connectivity index (χ0n) is 13.0. The highest BCUT2D eigenvalue weighted by atomic mass is 19.1. The molecule has 2 aromatic rings. The lowest BCUT2D eigenvalue weighted by molar-refractivity contribution is -0.140. The average molecular weight is 312 g/mol. The molecule has 0 radical (unpaired) electrons. The van der Waals surface area contributed by atoms with Crippen molar-refractivity contribution in [3.8, 4) is 0 Å². The first kappa shape index (κ1) is 16.6. The van der Waals surface area contributed by atoms with Crippen LogP contribution in [0.25, 0.3) is 6.08 Å². The van der Waals surface area contributed by atoms with Crippen molar-refractivity contribution >= 4 is 17.8 Å². The molecule has 0 spiro atoms. The van der Waals surface area contributed by atoms with E-state index in [2.05, 4.69) is 0 Å². The maximum absolute atomic E-state index is 12.8. The van der Waals surface area contributed by atoms with Crippen molar-refractivity contribution in [2.24, 2.45) is 0 Å². The highest BCUT2D eigenvalue weighted by Gasteiger charge is 2.18. The number of rotatable bonds is 5. The van der Waals surface area contributed by atoms with E-state index < -0.39 is 17.9 Å². The second-order valence-electron chi connectivity index (χ2n) is 5.14. The first-order valence-corrected chi connectivity index (χ1v) is 7.21. The largest absolute Gasteiger partial charge is 0.451 e. The number of Topliss-reactive ketones (excluding diaryl/α,β-unsaturated/α-hetero) is 1. The van der Waals surface area contributed by atoms with Gasteiger partial charge in [0.2, 0.25) is 5.78 Å². The van der Waals surface area contributed by atoms with Gasteiger partial charge in [0.1, 0.15) is 5.82 Å². The van der Waals surface area contributed by atoms with Crippen molar-refractivity contribution in [2.75, 3.05) is 0 Å². The summed E-state index contributed by atoms with van der Waals surface area (Å²) in [5.41, 5.74) is 2.24. The number of carbonyl (C=O) groups excluding carboxylic acids is 2. The van der Waals surface area contributed by atoms with Crippen LogP contribution in [0.15, 0.2) is 54.6 Å². The molecule has 0 heterocycles. The Labute approximate surface area is 134 Å². The van der Waals surface area contributed by atoms with E-state index in [-0.39, 0.29) is 5.78 Å². The molecule has 2 aromatic carbocycles. The molecule has 0 aliphatic rings. The molecule has 0 unspecified atom stereocenters. The lowest BCUT2D eigenvalue weighted by Gasteiger charge is -2.10. The minimum Gasteiger partial charge on any atom is -0.451 e. The first-order valence-electron chi connectivity index (χ1n) is 7.21. The molecule has 0 bridgehead atoms. The van der Waals surface area contributed by atoms with Gasteiger partial charge in [0, 0.05) is 11.6 Å². The van der Waals surface area contributed by atoms with Crippen LogP contribution in [0.5, 0.6) is 0 Å². The van der Waals surface area contributed by atoms with E-state index in [9.17, 15) is 14.0 Å². The number of ether oxygens (including phenoxy) is 1. The SMILES string of the molecule is Cc1ccccc1/C=C/C(=O)O[C@H](C)C(=O)c1ccc(F)cc1. The van der Waals surface area contributed by atoms with E-state index in [0.29, 0.717) is 5.56 Å². The number of hydrogen-bond acceptors (Lipinski definition) is 3. The van der Waals surface area contributed by atoms with Gasteiger partial charge in [-0.1, -0.05) is 24.3 Å². The standard InChI is InChI=1S/C19H17FO3/c1-13-5-3-4-6-15(13)9-12-18(21)23-14(2)19(22)16-7-10-17(20)11-8-16/h3-12,14H,1-2H3/b12-9+/t14-/m1/s1. The molecule has 0 fully saturated rings. The molecule has 23 heavy (non-hydrogen) atoms. The summed E-state index contributed by atoms with van der Waals surface area (Å²) in [6.07, 6.45) is 2.00. The summed E-state index contributed by atoms with van der Waals surface area (Å²) in [6.45, 7) is 3.43. The lowest BCUT2D eigenvalue weighted by atomic mass is 10.1. The van der Waals surface area contributed by atoms with Crippen LogP contribution in [0.2, 0.25) is 0 Å². The second-order valence-corrected chi connectivity index (χ2v) is 5.14. The molecule has 3 nitrogen and oxygen atoms in total. The van der Waals surface area contributed by atoms with Gasteiger partial charge < -0.3 is 4.74 Å². The second kappa shape index (κ2) is 7.49. The van der Waals surface area contributed by atoms with Crippen LogP contribution in [-0.4, -0.2) is 17.9 Å². The van der Waals surface area contributed by atoms with Gasteiger partial charge in [0.05, 0.1) is 0 Å². The molecule has 4 heteroatoms. The van der Waals surface area contributed by atoms with Crippen LogP contribution in [0, 0.1) is 12.7 Å². The number of benzene rings is 2. The van der Waals surface area contributed by atoms with Crippen molar-refractivity contribution in [1.29, 1.82) is 0 Å². The van der Waals surface area contributed by atoms with Gasteiger partial charge >= 0.3 is 5.97 Å². The molecular weight excluding hydrogens is 295 g/mol. The van der Waals surface area contributed by atoms with Gasteiger partial charge in [-0.15, -0.1) is 0 Å². The third-order valence-corrected chi connectivity index (χ3v) is 3.38. The monoisotopic (exact) mass is 312 g/mol. The third kappa shape index (κ3) is 4.61. The summed E-state index contributed by atoms with van der Waals surface area (Å²) >= 11 is 0. The van der Waals surface area contributed by atoms with E-state index in [1.54, 1.807) is 6.08 Å². The maximum atomic E-state index is 12.8. The van der Waals surface area contributed by atoms with Crippen molar-refractivity contribution in [3.63, 3.8) is 0 Å². The predicted octanol–water partition coefficient (Wildman–Crippen LogP) is 3.96. The Morgan fingerprint density at radius 2 is 1.74 bits per heavy atom. The number of carbonyl (C=O) groups is 2. The number of ketones is 1. The maximum Gasteiger partial charge on any atom is 0.331 e. The Hall–Kier alpha value is -2.75. The minimum absolute atomic E-state index is 0.301. The topological polar surface area (TPSA) is 43.4 Å². The van der Waals surface area contributed by atoms with Crippen LogP contribution in [0.1, 0.15) is 28.4 Å². The number of aryl methyl sites for hydroxylation is 1. The Morgan fingerprint density at radius 3 is 2.39 bits per heavy atom. The van der Waals surface area contributed by atoms with Gasteiger partial charge in [-0.25, -0.2) is 9.18 Å². The molecule has 2 rings (SSSR count). The van der Waals surface area contributed by atoms with Crippen molar-refractivity contribution < 1.29 is 18.7 Å². The van der Waals surface area contributed by atoms with Gasteiger partial charge in [-0.05, 0) is 55.3 Å². The number of esters is 1. The van der Waals surface area contributed by atoms with E-state index in [1.165, 1.54) is 37.3 Å². The molecule has 0 N–H and O–H groups in total. The number of halogens is 1. The van der Waals surface area contributed by atoms with Crippen LogP contribution in [0.3, 0.4) is 0 Å². The fraction of sp³-hybridized carbons (Fsp3) is 0.158. The summed E-state index contributed by atoms with van der Waals surface area (Å²) in [4.78, 5) is 23.9. The number of hydrogen-bond donors (Lipinski definition) is 0. The molecule has 0 saturated carbocycles. The van der Waals surface area contributed by atoms with Crippen LogP contribution in [-0.2, 0) is 9.53 Å². The Kier molecular flexibility index (Phi) is 5.41. The van der Waals surface area contributed by atoms with E-state index in [1.807, 2.05) is 31.2 Å². The van der Waals surface area contributed by atoms with Crippen molar-refractivity contribution in [3.05, 3.63) is 77.1 Å². The third-order valence-electron chi connectivity index (χ3n) is 3.38. The summed E-state index contributed by atoms with van der Waals surface area (Å²) in [5, 5.41) is 0. The smallest absolute Gasteiger partial charge is 0.331 e. The molecule has 0 aliphatic carbocycles. The van der Waals surface area contributed by atoms with E-state index in [4.69, 9.17) is 4.74 Å². The molecule has 0 aliphatic heterocycles. The van der Waals surface area contributed by atoms with Crippen LogP contribution < -0.4 is 0 Å². The Balaban J connectivity index is 1.98. The van der Waals surface area contributed by atoms with Crippen molar-refractivity contribution in [2.45, 2.75) is 20.0 Å². The molecule has 118 valence electrons. The van der Waals surface area contributed by atoms with E-state index >= 15 is 0 Å². The Bertz CT molecular complexity index is 733. The summed E-state index contributed by atoms with van der Waals surface area (Å²) < 4.78 is 17.9. The van der Waals surface area contributed by atoms with Gasteiger partial charge in [0.15, 0.2) is 6.10 Å². The van der Waals surface area contributed by atoms with Crippen molar-refractivity contribution in [1.82, 2.24) is 0 Å². The highest BCUT2D eigenvalue weighted by molar-refractivity contribution is 6.01. The molecular formula is C19H17FO3. The van der Waals surface area contributed by atoms with Crippen LogP contribution in [0.4, 0.5) is 4.39 Å². The summed E-state index contributed by atoms with van der Waals surface area (Å²) in [7, 11) is 0. The molecule has 0 saturated heterocycles. The van der Waals surface area contributed by atoms with Gasteiger partial charge in [-0.2, -0.15) is 0 Å². The zero-order valence-corrected chi connectivity index (χ0v) is 13.0. The first-order chi connectivity index (χ1) is 11.0. The quantitative estimate of drug-likeness (QED) is 0.477. The molecule has 1 atom stereocenters. The van der Waals surface area contributed by atoms with Crippen LogP contribution >= 0.6 is 0 Å². The molecule has 0 aromatic heterocycles. The average Bonchev–Trinajstić information content (AvgIpc) is 2.54. The van der Waals surface area contributed by atoms with Gasteiger partial charge in [-0.3, -0.25) is 4.79 Å². The normalized spacial score (nSPS) is 12.1. The fourth-order valence-electron chi connectivity index (χ4n) is 2.05. The summed E-state index contributed by atoms with van der Waals surface area (Å²) in [6, 6.07) is 12.7.